The summed E-state index contributed by atoms with van der Waals surface area (Å²) in [5.74, 6) is 0. The standard InChI is InChI=1S/C16H22N4S/c1-17-12-14-15(13-6-4-3-5-7-13)18-16(21-14)20-10-8-19(2)9-11-20/h3-7,17H,8-12H2,1-2H3. The van der Waals surface area contributed by atoms with Crippen LogP contribution >= 0.6 is 11.3 Å². The molecule has 0 spiro atoms. The van der Waals surface area contributed by atoms with Crippen molar-refractivity contribution in [2.45, 2.75) is 6.54 Å². The summed E-state index contributed by atoms with van der Waals surface area (Å²) in [6, 6.07) is 10.5. The first-order valence-electron chi connectivity index (χ1n) is 7.41. The minimum Gasteiger partial charge on any atom is -0.346 e. The Hall–Kier alpha value is -1.43. The first-order chi connectivity index (χ1) is 10.3. The molecule has 0 radical (unpaired) electrons. The van der Waals surface area contributed by atoms with Crippen LogP contribution in [-0.2, 0) is 6.54 Å². The monoisotopic (exact) mass is 302 g/mol. The van der Waals surface area contributed by atoms with Crippen molar-refractivity contribution in [3.63, 3.8) is 0 Å². The van der Waals surface area contributed by atoms with E-state index >= 15 is 0 Å². The molecule has 1 aliphatic rings. The summed E-state index contributed by atoms with van der Waals surface area (Å²) in [6.07, 6.45) is 0. The van der Waals surface area contributed by atoms with Crippen LogP contribution in [0.2, 0.25) is 0 Å². The Labute approximate surface area is 130 Å². The molecule has 0 saturated carbocycles. The van der Waals surface area contributed by atoms with Gasteiger partial charge in [-0.2, -0.15) is 0 Å². The molecule has 112 valence electrons. The SMILES string of the molecule is CNCc1sc(N2CCN(C)CC2)nc1-c1ccccc1. The largest absolute Gasteiger partial charge is 0.346 e. The van der Waals surface area contributed by atoms with Gasteiger partial charge in [0.25, 0.3) is 0 Å². The molecule has 21 heavy (non-hydrogen) atoms. The summed E-state index contributed by atoms with van der Waals surface area (Å²) in [5, 5.41) is 4.42. The minimum atomic E-state index is 0.871. The summed E-state index contributed by atoms with van der Waals surface area (Å²) in [5.41, 5.74) is 2.34. The number of hydrogen-bond acceptors (Lipinski definition) is 5. The van der Waals surface area contributed by atoms with Gasteiger partial charge in [-0.3, -0.25) is 0 Å². The van der Waals surface area contributed by atoms with E-state index in [0.717, 1.165) is 43.5 Å². The molecule has 1 aromatic carbocycles. The van der Waals surface area contributed by atoms with Crippen LogP contribution in [0.15, 0.2) is 30.3 Å². The highest BCUT2D eigenvalue weighted by molar-refractivity contribution is 7.16. The van der Waals surface area contributed by atoms with E-state index in [2.05, 4.69) is 52.5 Å². The second kappa shape index (κ2) is 6.56. The zero-order valence-electron chi connectivity index (χ0n) is 12.7. The first-order valence-corrected chi connectivity index (χ1v) is 8.23. The molecular weight excluding hydrogens is 280 g/mol. The number of thiazole rings is 1. The molecule has 1 fully saturated rings. The highest BCUT2D eigenvalue weighted by Crippen LogP contribution is 2.33. The fourth-order valence-corrected chi connectivity index (χ4v) is 3.72. The van der Waals surface area contributed by atoms with Crippen LogP contribution in [0.1, 0.15) is 4.88 Å². The number of anilines is 1. The predicted molar refractivity (Wildman–Crippen MR) is 90.0 cm³/mol. The van der Waals surface area contributed by atoms with E-state index in [1.165, 1.54) is 10.4 Å². The predicted octanol–water partition coefficient (Wildman–Crippen LogP) is 2.28. The van der Waals surface area contributed by atoms with Gasteiger partial charge >= 0.3 is 0 Å². The Morgan fingerprint density at radius 2 is 1.86 bits per heavy atom. The van der Waals surface area contributed by atoms with Crippen molar-refractivity contribution in [3.05, 3.63) is 35.2 Å². The Bertz CT molecular complexity index is 573. The number of nitrogens with zero attached hydrogens (tertiary/aromatic N) is 3. The summed E-state index contributed by atoms with van der Waals surface area (Å²) in [6.45, 7) is 5.23. The van der Waals surface area contributed by atoms with Gasteiger partial charge < -0.3 is 15.1 Å². The van der Waals surface area contributed by atoms with Gasteiger partial charge in [0.1, 0.15) is 0 Å². The van der Waals surface area contributed by atoms with Crippen LogP contribution < -0.4 is 10.2 Å². The second-order valence-electron chi connectivity index (χ2n) is 5.45. The van der Waals surface area contributed by atoms with Gasteiger partial charge in [0.2, 0.25) is 0 Å². The molecule has 4 nitrogen and oxygen atoms in total. The molecule has 1 aliphatic heterocycles. The molecule has 3 rings (SSSR count). The van der Waals surface area contributed by atoms with Gasteiger partial charge in [-0.1, -0.05) is 41.7 Å². The zero-order chi connectivity index (χ0) is 14.7. The van der Waals surface area contributed by atoms with Gasteiger partial charge in [-0.05, 0) is 14.1 Å². The molecule has 1 aromatic heterocycles. The van der Waals surface area contributed by atoms with E-state index in [4.69, 9.17) is 4.98 Å². The lowest BCUT2D eigenvalue weighted by molar-refractivity contribution is 0.313. The van der Waals surface area contributed by atoms with Gasteiger partial charge in [-0.15, -0.1) is 0 Å². The first kappa shape index (κ1) is 14.5. The summed E-state index contributed by atoms with van der Waals surface area (Å²) >= 11 is 1.82. The van der Waals surface area contributed by atoms with E-state index in [1.54, 1.807) is 0 Å². The Kier molecular flexibility index (Phi) is 4.53. The van der Waals surface area contributed by atoms with Crippen molar-refractivity contribution in [1.82, 2.24) is 15.2 Å². The normalized spacial score (nSPS) is 16.4. The van der Waals surface area contributed by atoms with Crippen molar-refractivity contribution in [2.24, 2.45) is 0 Å². The molecule has 0 atom stereocenters. The Balaban J connectivity index is 1.89. The fourth-order valence-electron chi connectivity index (χ4n) is 2.57. The second-order valence-corrected chi connectivity index (χ2v) is 6.52. The topological polar surface area (TPSA) is 31.4 Å². The quantitative estimate of drug-likeness (QED) is 0.939. The molecular formula is C16H22N4S. The molecule has 0 unspecified atom stereocenters. The lowest BCUT2D eigenvalue weighted by Gasteiger charge is -2.32. The number of hydrogen-bond donors (Lipinski definition) is 1. The van der Waals surface area contributed by atoms with E-state index in [1.807, 2.05) is 18.4 Å². The minimum absolute atomic E-state index is 0.871. The van der Waals surface area contributed by atoms with Gasteiger partial charge in [-0.25, -0.2) is 4.98 Å². The van der Waals surface area contributed by atoms with Gasteiger partial charge in [0.05, 0.1) is 5.69 Å². The van der Waals surface area contributed by atoms with Crippen LogP contribution in [0.25, 0.3) is 11.3 Å². The number of aromatic nitrogens is 1. The summed E-state index contributed by atoms with van der Waals surface area (Å²) in [4.78, 5) is 11.0. The number of piperazine rings is 1. The lowest BCUT2D eigenvalue weighted by atomic mass is 10.1. The van der Waals surface area contributed by atoms with Crippen molar-refractivity contribution >= 4 is 16.5 Å². The number of nitrogens with one attached hydrogen (secondary N) is 1. The van der Waals surface area contributed by atoms with Gasteiger partial charge in [0, 0.05) is 43.2 Å². The molecule has 2 heterocycles. The third kappa shape index (κ3) is 3.26. The van der Waals surface area contributed by atoms with Crippen LogP contribution in [0.5, 0.6) is 0 Å². The lowest BCUT2D eigenvalue weighted by Crippen LogP contribution is -2.44. The molecule has 2 aromatic rings. The smallest absolute Gasteiger partial charge is 0.186 e. The zero-order valence-corrected chi connectivity index (χ0v) is 13.5. The molecule has 0 amide bonds. The van der Waals surface area contributed by atoms with Crippen LogP contribution in [-0.4, -0.2) is 50.2 Å². The van der Waals surface area contributed by atoms with E-state index in [9.17, 15) is 0 Å². The van der Waals surface area contributed by atoms with Crippen LogP contribution in [0.4, 0.5) is 5.13 Å². The molecule has 0 bridgehead atoms. The average molecular weight is 302 g/mol. The molecule has 1 saturated heterocycles. The molecule has 5 heteroatoms. The van der Waals surface area contributed by atoms with Crippen molar-refractivity contribution in [2.75, 3.05) is 45.2 Å². The van der Waals surface area contributed by atoms with Crippen molar-refractivity contribution < 1.29 is 0 Å². The van der Waals surface area contributed by atoms with Gasteiger partial charge in [0.15, 0.2) is 5.13 Å². The van der Waals surface area contributed by atoms with Crippen molar-refractivity contribution in [1.29, 1.82) is 0 Å². The maximum absolute atomic E-state index is 4.93. The maximum Gasteiger partial charge on any atom is 0.186 e. The number of benzene rings is 1. The number of rotatable bonds is 4. The maximum atomic E-state index is 4.93. The average Bonchev–Trinajstić information content (AvgIpc) is 2.93. The summed E-state index contributed by atoms with van der Waals surface area (Å²) < 4.78 is 0. The van der Waals surface area contributed by atoms with E-state index in [0.29, 0.717) is 0 Å². The van der Waals surface area contributed by atoms with Crippen molar-refractivity contribution in [3.8, 4) is 11.3 Å². The molecule has 0 aliphatic carbocycles. The van der Waals surface area contributed by atoms with Crippen LogP contribution in [0, 0.1) is 0 Å². The Morgan fingerprint density at radius 1 is 1.14 bits per heavy atom. The van der Waals surface area contributed by atoms with E-state index in [-0.39, 0.29) is 0 Å². The van der Waals surface area contributed by atoms with E-state index < -0.39 is 0 Å². The third-order valence-corrected chi connectivity index (χ3v) is 4.96. The number of likely N-dealkylation sites (N-methyl/N-ethyl adjacent to an activating group) is 1. The van der Waals surface area contributed by atoms with Crippen LogP contribution in [0.3, 0.4) is 0 Å². The third-order valence-electron chi connectivity index (χ3n) is 3.84. The summed E-state index contributed by atoms with van der Waals surface area (Å²) in [7, 11) is 4.17. The molecule has 1 N–H and O–H groups in total. The highest BCUT2D eigenvalue weighted by atomic mass is 32.1. The highest BCUT2D eigenvalue weighted by Gasteiger charge is 2.20. The Morgan fingerprint density at radius 3 is 2.52 bits per heavy atom. The fraction of sp³-hybridized carbons (Fsp3) is 0.438.